The van der Waals surface area contributed by atoms with Gasteiger partial charge in [0.1, 0.15) is 11.6 Å². The molecular weight excluding hydrogens is 468 g/mol. The standard InChI is InChI=1S/C24H28N6O4S/c1-17(31)25-12-13-26-21-16-22(30-23(29-21)18-6-4-3-5-7-18)27-14-15-28-24(32)19-8-10-20(11-9-19)35(2,33)34/h3-11,16H,12-15H2,1-2H3,(H,25,31)(H,28,32)(H2,26,27,29,30). The maximum absolute atomic E-state index is 12.4. The van der Waals surface area contributed by atoms with Crippen LogP contribution >= 0.6 is 0 Å². The molecule has 0 atom stereocenters. The van der Waals surface area contributed by atoms with Gasteiger partial charge in [0.25, 0.3) is 5.91 Å². The Morgan fingerprint density at radius 2 is 1.37 bits per heavy atom. The van der Waals surface area contributed by atoms with E-state index in [4.69, 9.17) is 0 Å². The van der Waals surface area contributed by atoms with E-state index in [1.165, 1.54) is 31.2 Å². The van der Waals surface area contributed by atoms with Gasteiger partial charge in [-0.2, -0.15) is 0 Å². The summed E-state index contributed by atoms with van der Waals surface area (Å²) in [4.78, 5) is 32.7. The topological polar surface area (TPSA) is 142 Å². The van der Waals surface area contributed by atoms with Gasteiger partial charge in [0.2, 0.25) is 5.91 Å². The highest BCUT2D eigenvalue weighted by atomic mass is 32.2. The van der Waals surface area contributed by atoms with Gasteiger partial charge in [-0.15, -0.1) is 0 Å². The van der Waals surface area contributed by atoms with E-state index in [9.17, 15) is 18.0 Å². The molecule has 0 unspecified atom stereocenters. The summed E-state index contributed by atoms with van der Waals surface area (Å²) in [7, 11) is -3.31. The summed E-state index contributed by atoms with van der Waals surface area (Å²) in [5.74, 6) is 1.30. The lowest BCUT2D eigenvalue weighted by molar-refractivity contribution is -0.118. The minimum Gasteiger partial charge on any atom is -0.368 e. The van der Waals surface area contributed by atoms with Crippen molar-refractivity contribution in [2.75, 3.05) is 43.1 Å². The highest BCUT2D eigenvalue weighted by Gasteiger charge is 2.10. The molecule has 2 aromatic carbocycles. The Morgan fingerprint density at radius 1 is 0.800 bits per heavy atom. The highest BCUT2D eigenvalue weighted by Crippen LogP contribution is 2.20. The van der Waals surface area contributed by atoms with Crippen molar-refractivity contribution in [3.05, 3.63) is 66.2 Å². The van der Waals surface area contributed by atoms with Crippen molar-refractivity contribution >= 4 is 33.3 Å². The summed E-state index contributed by atoms with van der Waals surface area (Å²) >= 11 is 0. The fourth-order valence-corrected chi connectivity index (χ4v) is 3.73. The Labute approximate surface area is 204 Å². The van der Waals surface area contributed by atoms with Crippen LogP contribution in [0.15, 0.2) is 65.6 Å². The quantitative estimate of drug-likeness (QED) is 0.295. The number of amides is 2. The molecule has 0 spiro atoms. The first-order valence-corrected chi connectivity index (χ1v) is 12.9. The van der Waals surface area contributed by atoms with E-state index < -0.39 is 9.84 Å². The van der Waals surface area contributed by atoms with Crippen LogP contribution in [-0.2, 0) is 14.6 Å². The van der Waals surface area contributed by atoms with Crippen LogP contribution in [0.5, 0.6) is 0 Å². The van der Waals surface area contributed by atoms with Crippen molar-refractivity contribution in [1.29, 1.82) is 0 Å². The fourth-order valence-electron chi connectivity index (χ4n) is 3.10. The third-order valence-corrected chi connectivity index (χ3v) is 5.95. The molecular formula is C24H28N6O4S. The molecule has 0 aliphatic rings. The minimum atomic E-state index is -3.31. The lowest BCUT2D eigenvalue weighted by Crippen LogP contribution is -2.29. The van der Waals surface area contributed by atoms with E-state index in [2.05, 4.69) is 31.2 Å². The van der Waals surface area contributed by atoms with Gasteiger partial charge in [0.15, 0.2) is 15.7 Å². The Balaban J connectivity index is 1.60. The molecule has 0 bridgehead atoms. The molecule has 0 aliphatic carbocycles. The van der Waals surface area contributed by atoms with Crippen molar-refractivity contribution in [3.63, 3.8) is 0 Å². The Hall–Kier alpha value is -3.99. The van der Waals surface area contributed by atoms with Gasteiger partial charge in [-0.3, -0.25) is 9.59 Å². The average molecular weight is 497 g/mol. The van der Waals surface area contributed by atoms with E-state index in [1.807, 2.05) is 30.3 Å². The average Bonchev–Trinajstić information content (AvgIpc) is 2.84. The number of carbonyl (C=O) groups excluding carboxylic acids is 2. The number of hydrogen-bond donors (Lipinski definition) is 4. The second-order valence-corrected chi connectivity index (χ2v) is 9.73. The van der Waals surface area contributed by atoms with Crippen LogP contribution in [0, 0.1) is 0 Å². The zero-order valence-corrected chi connectivity index (χ0v) is 20.4. The molecule has 0 saturated carbocycles. The molecule has 3 aromatic rings. The van der Waals surface area contributed by atoms with Gasteiger partial charge in [0, 0.05) is 56.6 Å². The van der Waals surface area contributed by atoms with E-state index in [0.29, 0.717) is 49.2 Å². The molecule has 3 rings (SSSR count). The molecule has 11 heteroatoms. The summed E-state index contributed by atoms with van der Waals surface area (Å²) in [6.07, 6.45) is 1.12. The summed E-state index contributed by atoms with van der Waals surface area (Å²) in [5, 5.41) is 11.9. The number of nitrogens with zero attached hydrogens (tertiary/aromatic N) is 2. The van der Waals surface area contributed by atoms with Gasteiger partial charge < -0.3 is 21.3 Å². The van der Waals surface area contributed by atoms with Gasteiger partial charge in [-0.25, -0.2) is 18.4 Å². The van der Waals surface area contributed by atoms with Crippen molar-refractivity contribution in [3.8, 4) is 11.4 Å². The van der Waals surface area contributed by atoms with Gasteiger partial charge >= 0.3 is 0 Å². The highest BCUT2D eigenvalue weighted by molar-refractivity contribution is 7.90. The van der Waals surface area contributed by atoms with Crippen molar-refractivity contribution < 1.29 is 18.0 Å². The van der Waals surface area contributed by atoms with Crippen LogP contribution in [0.25, 0.3) is 11.4 Å². The molecule has 10 nitrogen and oxygen atoms in total. The largest absolute Gasteiger partial charge is 0.368 e. The number of benzene rings is 2. The molecule has 0 aliphatic heterocycles. The lowest BCUT2D eigenvalue weighted by atomic mass is 10.2. The zero-order chi connectivity index (χ0) is 25.3. The predicted molar refractivity (Wildman–Crippen MR) is 135 cm³/mol. The molecule has 4 N–H and O–H groups in total. The summed E-state index contributed by atoms with van der Waals surface area (Å²) in [5.41, 5.74) is 1.23. The number of carbonyl (C=O) groups is 2. The molecule has 0 fully saturated rings. The normalized spacial score (nSPS) is 10.9. The van der Waals surface area contributed by atoms with E-state index in [0.717, 1.165) is 11.8 Å². The summed E-state index contributed by atoms with van der Waals surface area (Å²) in [6, 6.07) is 17.1. The zero-order valence-electron chi connectivity index (χ0n) is 19.5. The third kappa shape index (κ3) is 8.07. The minimum absolute atomic E-state index is 0.102. The number of nitrogens with one attached hydrogen (secondary N) is 4. The first-order chi connectivity index (χ1) is 16.7. The molecule has 35 heavy (non-hydrogen) atoms. The maximum Gasteiger partial charge on any atom is 0.251 e. The lowest BCUT2D eigenvalue weighted by Gasteiger charge is -2.12. The van der Waals surface area contributed by atoms with Gasteiger partial charge in [-0.1, -0.05) is 30.3 Å². The smallest absolute Gasteiger partial charge is 0.251 e. The Kier molecular flexibility index (Phi) is 8.74. The number of aromatic nitrogens is 2. The maximum atomic E-state index is 12.4. The van der Waals surface area contributed by atoms with Gasteiger partial charge in [-0.05, 0) is 24.3 Å². The van der Waals surface area contributed by atoms with Crippen LogP contribution < -0.4 is 21.3 Å². The van der Waals surface area contributed by atoms with Crippen molar-refractivity contribution in [2.24, 2.45) is 0 Å². The molecule has 0 radical (unpaired) electrons. The molecule has 0 saturated heterocycles. The van der Waals surface area contributed by atoms with Crippen molar-refractivity contribution in [1.82, 2.24) is 20.6 Å². The molecule has 1 heterocycles. The summed E-state index contributed by atoms with van der Waals surface area (Å²) < 4.78 is 23.1. The molecule has 184 valence electrons. The van der Waals surface area contributed by atoms with Crippen LogP contribution in [0.3, 0.4) is 0 Å². The molecule has 1 aromatic heterocycles. The summed E-state index contributed by atoms with van der Waals surface area (Å²) in [6.45, 7) is 3.15. The first-order valence-electron chi connectivity index (χ1n) is 11.0. The second-order valence-electron chi connectivity index (χ2n) is 7.72. The second kappa shape index (κ2) is 11.9. The number of sulfone groups is 1. The number of hydrogen-bond acceptors (Lipinski definition) is 8. The Bertz CT molecular complexity index is 1260. The van der Waals surface area contributed by atoms with Gasteiger partial charge in [0.05, 0.1) is 4.90 Å². The number of rotatable bonds is 11. The number of anilines is 2. The predicted octanol–water partition coefficient (Wildman–Crippen LogP) is 1.94. The van der Waals surface area contributed by atoms with Crippen LogP contribution in [-0.4, -0.2) is 62.6 Å². The Morgan fingerprint density at radius 3 is 1.91 bits per heavy atom. The van der Waals surface area contributed by atoms with Crippen LogP contribution in [0.4, 0.5) is 11.6 Å². The fraction of sp³-hybridized carbons (Fsp3) is 0.250. The van der Waals surface area contributed by atoms with E-state index in [1.54, 1.807) is 6.07 Å². The van der Waals surface area contributed by atoms with Crippen molar-refractivity contribution in [2.45, 2.75) is 11.8 Å². The first kappa shape index (κ1) is 25.6. The van der Waals surface area contributed by atoms with Crippen LogP contribution in [0.1, 0.15) is 17.3 Å². The van der Waals surface area contributed by atoms with E-state index in [-0.39, 0.29) is 16.7 Å². The third-order valence-electron chi connectivity index (χ3n) is 4.82. The van der Waals surface area contributed by atoms with E-state index >= 15 is 0 Å². The SMILES string of the molecule is CC(=O)NCCNc1cc(NCCNC(=O)c2ccc(S(C)(=O)=O)cc2)nc(-c2ccccc2)n1. The monoisotopic (exact) mass is 496 g/mol. The molecule has 2 amide bonds. The van der Waals surface area contributed by atoms with Crippen LogP contribution in [0.2, 0.25) is 0 Å².